The molecule has 0 aromatic heterocycles. The second-order valence-electron chi connectivity index (χ2n) is 7.33. The Bertz CT molecular complexity index is 598. The summed E-state index contributed by atoms with van der Waals surface area (Å²) in [6.07, 6.45) is 4.65. The number of hydrogen-bond donors (Lipinski definition) is 2. The Morgan fingerprint density at radius 2 is 2.27 bits per heavy atom. The molecule has 2 N–H and O–H groups in total. The van der Waals surface area contributed by atoms with Crippen molar-refractivity contribution in [1.29, 1.82) is 0 Å². The van der Waals surface area contributed by atoms with Crippen molar-refractivity contribution in [2.75, 3.05) is 39.9 Å². The Kier molecular flexibility index (Phi) is 7.00. The lowest BCUT2D eigenvalue weighted by Gasteiger charge is -2.31. The first-order valence-electron chi connectivity index (χ1n) is 9.67. The van der Waals surface area contributed by atoms with E-state index in [2.05, 4.69) is 15.5 Å². The van der Waals surface area contributed by atoms with E-state index >= 15 is 0 Å². The Morgan fingerprint density at radius 3 is 3.08 bits per heavy atom. The number of amides is 1. The normalized spacial score (nSPS) is 26.8. The van der Waals surface area contributed by atoms with Gasteiger partial charge in [0.15, 0.2) is 0 Å². The van der Waals surface area contributed by atoms with Crippen LogP contribution < -0.4 is 10.6 Å². The van der Waals surface area contributed by atoms with Crippen LogP contribution in [0.4, 0.5) is 4.39 Å². The van der Waals surface area contributed by atoms with Gasteiger partial charge in [-0.15, -0.1) is 0 Å². The molecule has 2 heterocycles. The van der Waals surface area contributed by atoms with Gasteiger partial charge in [-0.2, -0.15) is 0 Å². The van der Waals surface area contributed by atoms with E-state index in [1.807, 2.05) is 6.07 Å². The molecular formula is C20H30FN3O2. The fraction of sp³-hybridized carbons (Fsp3) is 0.650. The van der Waals surface area contributed by atoms with Crippen LogP contribution in [0, 0.1) is 5.82 Å². The predicted molar refractivity (Wildman–Crippen MR) is 99.6 cm³/mol. The average Bonchev–Trinajstić information content (AvgIpc) is 2.91. The highest BCUT2D eigenvalue weighted by Gasteiger charge is 2.42. The molecule has 1 aromatic carbocycles. The van der Waals surface area contributed by atoms with E-state index in [0.717, 1.165) is 25.1 Å². The summed E-state index contributed by atoms with van der Waals surface area (Å²) in [5.41, 5.74) is 1.02. The van der Waals surface area contributed by atoms with Crippen LogP contribution in [0.3, 0.4) is 0 Å². The van der Waals surface area contributed by atoms with E-state index in [-0.39, 0.29) is 23.7 Å². The van der Waals surface area contributed by atoms with E-state index < -0.39 is 0 Å². The number of carbonyl (C=O) groups is 1. The summed E-state index contributed by atoms with van der Waals surface area (Å²) in [6, 6.07) is 7.50. The molecule has 0 saturated carbocycles. The van der Waals surface area contributed by atoms with Gasteiger partial charge in [0, 0.05) is 38.2 Å². The summed E-state index contributed by atoms with van der Waals surface area (Å²) in [4.78, 5) is 14.6. The Labute approximate surface area is 155 Å². The number of halogens is 1. The second kappa shape index (κ2) is 9.44. The maximum absolute atomic E-state index is 13.8. The molecule has 0 spiro atoms. The Hall–Kier alpha value is -1.50. The first kappa shape index (κ1) is 19.3. The largest absolute Gasteiger partial charge is 0.383 e. The monoisotopic (exact) mass is 363 g/mol. The number of nitrogens with zero attached hydrogens (tertiary/aromatic N) is 1. The lowest BCUT2D eigenvalue weighted by Crippen LogP contribution is -2.47. The molecule has 5 nitrogen and oxygen atoms in total. The molecule has 3 atom stereocenters. The van der Waals surface area contributed by atoms with Crippen LogP contribution in [0.2, 0.25) is 0 Å². The van der Waals surface area contributed by atoms with Crippen molar-refractivity contribution in [2.45, 2.75) is 43.7 Å². The molecule has 26 heavy (non-hydrogen) atoms. The predicted octanol–water partition coefficient (Wildman–Crippen LogP) is 1.89. The van der Waals surface area contributed by atoms with Gasteiger partial charge < -0.3 is 15.4 Å². The van der Waals surface area contributed by atoms with Crippen molar-refractivity contribution in [3.05, 3.63) is 35.6 Å². The fourth-order valence-electron chi connectivity index (χ4n) is 4.33. The minimum atomic E-state index is -0.194. The Balaban J connectivity index is 1.73. The quantitative estimate of drug-likeness (QED) is 0.758. The smallest absolute Gasteiger partial charge is 0.234 e. The molecule has 2 fully saturated rings. The first-order valence-corrected chi connectivity index (χ1v) is 9.67. The summed E-state index contributed by atoms with van der Waals surface area (Å²) in [7, 11) is 1.63. The Morgan fingerprint density at radius 1 is 1.38 bits per heavy atom. The maximum atomic E-state index is 13.8. The third kappa shape index (κ3) is 4.81. The van der Waals surface area contributed by atoms with Crippen molar-refractivity contribution in [2.24, 2.45) is 0 Å². The molecule has 1 aromatic rings. The van der Waals surface area contributed by atoms with Crippen LogP contribution in [0.15, 0.2) is 24.3 Å². The van der Waals surface area contributed by atoms with Gasteiger partial charge in [-0.25, -0.2) is 4.39 Å². The molecule has 0 unspecified atom stereocenters. The molecule has 1 amide bonds. The number of carbonyl (C=O) groups excluding carboxylic acids is 1. The van der Waals surface area contributed by atoms with Gasteiger partial charge in [0.05, 0.1) is 13.2 Å². The van der Waals surface area contributed by atoms with Gasteiger partial charge >= 0.3 is 0 Å². The van der Waals surface area contributed by atoms with E-state index in [1.165, 1.54) is 25.3 Å². The molecule has 2 aliphatic heterocycles. The third-order valence-electron chi connectivity index (χ3n) is 5.56. The number of benzene rings is 1. The van der Waals surface area contributed by atoms with Crippen molar-refractivity contribution < 1.29 is 13.9 Å². The molecule has 6 heteroatoms. The van der Waals surface area contributed by atoms with E-state index in [4.69, 9.17) is 4.74 Å². The number of likely N-dealkylation sites (tertiary alicyclic amines) is 1. The highest BCUT2D eigenvalue weighted by atomic mass is 19.1. The van der Waals surface area contributed by atoms with Gasteiger partial charge in [0.2, 0.25) is 5.91 Å². The summed E-state index contributed by atoms with van der Waals surface area (Å²) < 4.78 is 18.8. The minimum absolute atomic E-state index is 0.0303. The fourth-order valence-corrected chi connectivity index (χ4v) is 4.33. The molecule has 0 aliphatic carbocycles. The molecule has 2 aliphatic rings. The summed E-state index contributed by atoms with van der Waals surface area (Å²) in [5, 5.41) is 6.60. The number of hydrogen-bond acceptors (Lipinski definition) is 4. The standard InChI is InChI=1S/C20H30FN3O2/c1-26-11-10-22-19(25)14-24-13-17(15-6-5-7-16(21)12-15)20-18(24)8-3-2-4-9-23-20/h5-7,12,17-18,20,23H,2-4,8-11,13-14H2,1H3,(H,22,25)/t17-,18+,20-/m0/s1. The second-order valence-corrected chi connectivity index (χ2v) is 7.33. The summed E-state index contributed by atoms with van der Waals surface area (Å²) >= 11 is 0. The van der Waals surface area contributed by atoms with E-state index in [1.54, 1.807) is 19.2 Å². The van der Waals surface area contributed by atoms with Crippen LogP contribution in [-0.4, -0.2) is 62.8 Å². The van der Waals surface area contributed by atoms with Crippen molar-refractivity contribution in [3.8, 4) is 0 Å². The highest BCUT2D eigenvalue weighted by molar-refractivity contribution is 5.78. The van der Waals surface area contributed by atoms with Gasteiger partial charge in [0.1, 0.15) is 5.82 Å². The number of methoxy groups -OCH3 is 1. The maximum Gasteiger partial charge on any atom is 0.234 e. The van der Waals surface area contributed by atoms with Crippen molar-refractivity contribution in [1.82, 2.24) is 15.5 Å². The van der Waals surface area contributed by atoms with Crippen LogP contribution in [0.1, 0.15) is 37.2 Å². The van der Waals surface area contributed by atoms with Crippen molar-refractivity contribution in [3.63, 3.8) is 0 Å². The van der Waals surface area contributed by atoms with E-state index in [0.29, 0.717) is 25.7 Å². The average molecular weight is 363 g/mol. The zero-order chi connectivity index (χ0) is 18.4. The molecular weight excluding hydrogens is 333 g/mol. The first-order chi connectivity index (χ1) is 12.7. The molecule has 3 rings (SSSR count). The number of fused-ring (bicyclic) bond motifs is 1. The van der Waals surface area contributed by atoms with Crippen LogP contribution in [-0.2, 0) is 9.53 Å². The summed E-state index contributed by atoms with van der Waals surface area (Å²) in [6.45, 7) is 3.21. The molecule has 0 bridgehead atoms. The number of nitrogens with one attached hydrogen (secondary N) is 2. The van der Waals surface area contributed by atoms with Gasteiger partial charge in [-0.05, 0) is 37.1 Å². The summed E-state index contributed by atoms with van der Waals surface area (Å²) in [5.74, 6) is 0.0454. The van der Waals surface area contributed by atoms with Crippen molar-refractivity contribution >= 4 is 5.91 Å². The number of ether oxygens (including phenoxy) is 1. The number of rotatable bonds is 6. The molecule has 2 saturated heterocycles. The van der Waals surface area contributed by atoms with Crippen LogP contribution in [0.5, 0.6) is 0 Å². The zero-order valence-electron chi connectivity index (χ0n) is 15.5. The van der Waals surface area contributed by atoms with Gasteiger partial charge in [-0.3, -0.25) is 9.69 Å². The topological polar surface area (TPSA) is 53.6 Å². The zero-order valence-corrected chi connectivity index (χ0v) is 15.5. The van der Waals surface area contributed by atoms with E-state index in [9.17, 15) is 9.18 Å². The van der Waals surface area contributed by atoms with Gasteiger partial charge in [-0.1, -0.05) is 25.0 Å². The van der Waals surface area contributed by atoms with Gasteiger partial charge in [0.25, 0.3) is 0 Å². The lowest BCUT2D eigenvalue weighted by atomic mass is 9.88. The van der Waals surface area contributed by atoms with Crippen LogP contribution >= 0.6 is 0 Å². The molecule has 0 radical (unpaired) electrons. The van der Waals surface area contributed by atoms with Crippen LogP contribution in [0.25, 0.3) is 0 Å². The third-order valence-corrected chi connectivity index (χ3v) is 5.56. The SMILES string of the molecule is COCCNC(=O)CN1C[C@@H](c2cccc(F)c2)[C@@H]2NCCCCC[C@H]21. The molecule has 144 valence electrons. The lowest BCUT2D eigenvalue weighted by molar-refractivity contribution is -0.122. The minimum Gasteiger partial charge on any atom is -0.383 e. The highest BCUT2D eigenvalue weighted by Crippen LogP contribution is 2.35.